The number of hydrogen-bond acceptors (Lipinski definition) is 3. The molecule has 0 aromatic heterocycles. The Balaban J connectivity index is 1.81. The number of methoxy groups -OCH3 is 1. The van der Waals surface area contributed by atoms with Crippen LogP contribution in [0.15, 0.2) is 18.2 Å². The van der Waals surface area contributed by atoms with E-state index in [0.717, 1.165) is 30.1 Å². The number of nitrogens with zero attached hydrogens (tertiary/aromatic N) is 1. The number of carbonyl (C=O) groups excluding carboxylic acids is 2. The molecule has 8 heteroatoms. The molecule has 0 spiro atoms. The smallest absolute Gasteiger partial charge is 0.278 e. The standard InChI is InChI=1S/C22H35FN4O3/c1-6-25(14-17-7-8-19(30-5)18(23)13-17)16-21(29)27-11-9-26(10-12-27)15-20(28)24-22(2,3)4/h7-8,13H,6,9-12,14-16H2,1-5H3,(H,24,28)/p+2. The molecule has 1 aromatic rings. The van der Waals surface area contributed by atoms with Gasteiger partial charge in [0.05, 0.1) is 39.8 Å². The van der Waals surface area contributed by atoms with Gasteiger partial charge in [0.15, 0.2) is 24.7 Å². The van der Waals surface area contributed by atoms with Gasteiger partial charge in [-0.25, -0.2) is 4.39 Å². The number of halogens is 1. The van der Waals surface area contributed by atoms with Gasteiger partial charge in [0, 0.05) is 11.1 Å². The molecule has 2 amide bonds. The molecular formula is C22H37FN4O3+2. The van der Waals surface area contributed by atoms with Crippen LogP contribution < -0.4 is 19.9 Å². The van der Waals surface area contributed by atoms with E-state index in [1.807, 2.05) is 38.7 Å². The molecule has 1 fully saturated rings. The number of nitrogens with one attached hydrogen (secondary N) is 3. The topological polar surface area (TPSA) is 67.5 Å². The summed E-state index contributed by atoms with van der Waals surface area (Å²) in [6.45, 7) is 13.0. The molecule has 1 heterocycles. The lowest BCUT2D eigenvalue weighted by Gasteiger charge is -2.33. The number of ether oxygens (including phenoxy) is 1. The highest BCUT2D eigenvalue weighted by atomic mass is 19.1. The SMILES string of the molecule is CC[NH+](CC(=O)N1CC[NH+](CC(=O)NC(C)(C)C)CC1)Cc1ccc(OC)c(F)c1. The summed E-state index contributed by atoms with van der Waals surface area (Å²) in [5.41, 5.74) is 0.616. The first-order chi connectivity index (χ1) is 14.1. The van der Waals surface area contributed by atoms with Crippen molar-refractivity contribution in [1.82, 2.24) is 10.2 Å². The summed E-state index contributed by atoms with van der Waals surface area (Å²) in [4.78, 5) is 29.1. The van der Waals surface area contributed by atoms with Gasteiger partial charge in [-0.1, -0.05) is 0 Å². The zero-order chi connectivity index (χ0) is 22.3. The highest BCUT2D eigenvalue weighted by molar-refractivity contribution is 5.78. The molecule has 1 atom stereocenters. The van der Waals surface area contributed by atoms with Crippen LogP contribution in [0.4, 0.5) is 4.39 Å². The van der Waals surface area contributed by atoms with E-state index < -0.39 is 0 Å². The van der Waals surface area contributed by atoms with Crippen LogP contribution in [-0.2, 0) is 16.1 Å². The third-order valence-corrected chi connectivity index (χ3v) is 5.32. The maximum atomic E-state index is 13.9. The Morgan fingerprint density at radius 3 is 2.47 bits per heavy atom. The molecule has 1 saturated heterocycles. The van der Waals surface area contributed by atoms with E-state index in [4.69, 9.17) is 4.74 Å². The fourth-order valence-corrected chi connectivity index (χ4v) is 3.69. The van der Waals surface area contributed by atoms with Crippen LogP contribution in [0.3, 0.4) is 0 Å². The van der Waals surface area contributed by atoms with Crippen molar-refractivity contribution in [3.8, 4) is 5.75 Å². The number of benzene rings is 1. The molecule has 1 aromatic carbocycles. The van der Waals surface area contributed by atoms with Gasteiger partial charge in [0.25, 0.3) is 11.8 Å². The van der Waals surface area contributed by atoms with E-state index in [1.54, 1.807) is 6.07 Å². The minimum atomic E-state index is -0.383. The third kappa shape index (κ3) is 7.57. The predicted molar refractivity (Wildman–Crippen MR) is 113 cm³/mol. The first-order valence-electron chi connectivity index (χ1n) is 10.7. The average molecular weight is 425 g/mol. The van der Waals surface area contributed by atoms with Crippen molar-refractivity contribution in [3.63, 3.8) is 0 Å². The second kappa shape index (κ2) is 10.7. The van der Waals surface area contributed by atoms with Crippen LogP contribution in [0, 0.1) is 5.82 Å². The first kappa shape index (κ1) is 24.1. The largest absolute Gasteiger partial charge is 0.494 e. The van der Waals surface area contributed by atoms with Crippen LogP contribution in [0.2, 0.25) is 0 Å². The van der Waals surface area contributed by atoms with Crippen LogP contribution in [0.1, 0.15) is 33.3 Å². The molecule has 3 N–H and O–H groups in total. The number of hydrogen-bond donors (Lipinski definition) is 3. The van der Waals surface area contributed by atoms with Gasteiger partial charge in [-0.05, 0) is 45.9 Å². The lowest BCUT2D eigenvalue weighted by molar-refractivity contribution is -0.905. The quantitative estimate of drug-likeness (QED) is 0.495. The summed E-state index contributed by atoms with van der Waals surface area (Å²) in [6.07, 6.45) is 0. The highest BCUT2D eigenvalue weighted by Crippen LogP contribution is 2.17. The maximum absolute atomic E-state index is 13.9. The molecule has 0 saturated carbocycles. The Morgan fingerprint density at radius 2 is 1.93 bits per heavy atom. The summed E-state index contributed by atoms with van der Waals surface area (Å²) in [5.74, 6) is 0.000399. The van der Waals surface area contributed by atoms with Crippen LogP contribution in [0.25, 0.3) is 0 Å². The van der Waals surface area contributed by atoms with Crippen molar-refractivity contribution in [3.05, 3.63) is 29.6 Å². The summed E-state index contributed by atoms with van der Waals surface area (Å²) in [6, 6.07) is 4.94. The van der Waals surface area contributed by atoms with Gasteiger partial charge in [0.2, 0.25) is 0 Å². The minimum absolute atomic E-state index is 0.0469. The normalized spacial score (nSPS) is 16.3. The van der Waals surface area contributed by atoms with Crippen molar-refractivity contribution in [1.29, 1.82) is 0 Å². The Kier molecular flexibility index (Phi) is 8.61. The van der Waals surface area contributed by atoms with E-state index >= 15 is 0 Å². The molecule has 0 radical (unpaired) electrons. The second-order valence-electron chi connectivity index (χ2n) is 9.03. The summed E-state index contributed by atoms with van der Waals surface area (Å²) in [7, 11) is 1.44. The Morgan fingerprint density at radius 1 is 1.27 bits per heavy atom. The van der Waals surface area contributed by atoms with Gasteiger partial charge >= 0.3 is 0 Å². The number of likely N-dealkylation sites (N-methyl/N-ethyl adjacent to an activating group) is 1. The number of rotatable bonds is 8. The highest BCUT2D eigenvalue weighted by Gasteiger charge is 2.28. The van der Waals surface area contributed by atoms with E-state index in [0.29, 0.717) is 32.7 Å². The molecule has 1 aliphatic rings. The number of piperazine rings is 1. The van der Waals surface area contributed by atoms with E-state index in [1.165, 1.54) is 18.1 Å². The zero-order valence-corrected chi connectivity index (χ0v) is 18.9. The Hall–Kier alpha value is -2.19. The molecule has 30 heavy (non-hydrogen) atoms. The van der Waals surface area contributed by atoms with E-state index in [-0.39, 0.29) is 28.9 Å². The zero-order valence-electron chi connectivity index (χ0n) is 18.9. The molecular weight excluding hydrogens is 387 g/mol. The first-order valence-corrected chi connectivity index (χ1v) is 10.7. The average Bonchev–Trinajstić information content (AvgIpc) is 2.66. The summed E-state index contributed by atoms with van der Waals surface area (Å²) >= 11 is 0. The van der Waals surface area contributed by atoms with E-state index in [2.05, 4.69) is 5.32 Å². The Bertz CT molecular complexity index is 728. The fraction of sp³-hybridized carbons (Fsp3) is 0.636. The number of quaternary nitrogens is 2. The maximum Gasteiger partial charge on any atom is 0.278 e. The molecule has 1 unspecified atom stereocenters. The van der Waals surface area contributed by atoms with Gasteiger partial charge in [0.1, 0.15) is 6.54 Å². The molecule has 0 bridgehead atoms. The van der Waals surface area contributed by atoms with Crippen molar-refractivity contribution in [2.75, 3.05) is 52.9 Å². The van der Waals surface area contributed by atoms with Crippen molar-refractivity contribution in [2.45, 2.75) is 39.8 Å². The number of amides is 2. The minimum Gasteiger partial charge on any atom is -0.494 e. The van der Waals surface area contributed by atoms with Crippen molar-refractivity contribution < 1.29 is 28.5 Å². The molecule has 2 rings (SSSR count). The molecule has 7 nitrogen and oxygen atoms in total. The monoisotopic (exact) mass is 424 g/mol. The summed E-state index contributed by atoms with van der Waals surface area (Å²) < 4.78 is 18.9. The molecule has 1 aliphatic heterocycles. The van der Waals surface area contributed by atoms with Crippen molar-refractivity contribution >= 4 is 11.8 Å². The lowest BCUT2D eigenvalue weighted by atomic mass is 10.1. The van der Waals surface area contributed by atoms with E-state index in [9.17, 15) is 14.0 Å². The third-order valence-electron chi connectivity index (χ3n) is 5.32. The van der Waals surface area contributed by atoms with Gasteiger partial charge in [-0.2, -0.15) is 0 Å². The summed E-state index contributed by atoms with van der Waals surface area (Å²) in [5, 5.41) is 2.99. The van der Waals surface area contributed by atoms with Crippen LogP contribution >= 0.6 is 0 Å². The number of carbonyl (C=O) groups is 2. The van der Waals surface area contributed by atoms with Gasteiger partial charge < -0.3 is 24.8 Å². The predicted octanol–water partition coefficient (Wildman–Crippen LogP) is -1.12. The second-order valence-corrected chi connectivity index (χ2v) is 9.03. The van der Waals surface area contributed by atoms with Crippen molar-refractivity contribution in [2.24, 2.45) is 0 Å². The van der Waals surface area contributed by atoms with Gasteiger partial charge in [-0.3, -0.25) is 9.59 Å². The lowest BCUT2D eigenvalue weighted by Crippen LogP contribution is -3.16. The van der Waals surface area contributed by atoms with Crippen LogP contribution in [-0.4, -0.2) is 75.2 Å². The fourth-order valence-electron chi connectivity index (χ4n) is 3.69. The molecule has 0 aliphatic carbocycles. The molecule has 168 valence electrons. The van der Waals surface area contributed by atoms with Crippen LogP contribution in [0.5, 0.6) is 5.75 Å². The Labute approximate surface area is 179 Å². The van der Waals surface area contributed by atoms with Gasteiger partial charge in [-0.15, -0.1) is 0 Å².